The monoisotopic (exact) mass is 466 g/mol. The molecule has 1 fully saturated rings. The molecule has 3 rings (SSSR count). The van der Waals surface area contributed by atoms with Crippen LogP contribution in [0.1, 0.15) is 11.1 Å². The molecule has 1 N–H and O–H groups in total. The third-order valence-corrected chi connectivity index (χ3v) is 6.85. The maximum Gasteiger partial charge on any atom is 0.266 e. The van der Waals surface area contributed by atoms with Crippen molar-refractivity contribution in [3.63, 3.8) is 0 Å². The zero-order chi connectivity index (χ0) is 22.6. The second-order valence-electron chi connectivity index (χ2n) is 7.17. The summed E-state index contributed by atoms with van der Waals surface area (Å²) in [6.45, 7) is 1.36. The van der Waals surface area contributed by atoms with Crippen molar-refractivity contribution in [2.45, 2.75) is 18.2 Å². The molecule has 0 bridgehead atoms. The number of nitrogens with zero attached hydrogens (tertiary/aromatic N) is 1. The van der Waals surface area contributed by atoms with E-state index >= 15 is 0 Å². The zero-order valence-electron chi connectivity index (χ0n) is 17.1. The number of carbonyl (C=O) groups is 2. The van der Waals surface area contributed by atoms with E-state index < -0.39 is 34.3 Å². The molecule has 0 spiro atoms. The average molecular weight is 467 g/mol. The molecule has 1 heterocycles. The lowest BCUT2D eigenvalue weighted by Crippen LogP contribution is -2.42. The van der Waals surface area contributed by atoms with Gasteiger partial charge in [0.05, 0.1) is 10.8 Å². The molecule has 0 aromatic heterocycles. The molecule has 1 unspecified atom stereocenters. The Balaban J connectivity index is 1.92. The van der Waals surface area contributed by atoms with Gasteiger partial charge in [-0.3, -0.25) is 9.59 Å². The number of benzene rings is 2. The molecule has 2 aromatic carbocycles. The highest BCUT2D eigenvalue weighted by Gasteiger charge is 2.38. The van der Waals surface area contributed by atoms with Gasteiger partial charge in [0.2, 0.25) is 11.8 Å². The molecule has 8 nitrogen and oxygen atoms in total. The zero-order valence-corrected chi connectivity index (χ0v) is 18.7. The average Bonchev–Trinajstić information content (AvgIpc) is 2.87. The van der Waals surface area contributed by atoms with Crippen LogP contribution in [-0.4, -0.2) is 51.5 Å². The number of hydrogen-bond acceptors (Lipinski definition) is 6. The lowest BCUT2D eigenvalue weighted by atomic mass is 9.96. The van der Waals surface area contributed by atoms with E-state index in [1.807, 2.05) is 19.1 Å². The van der Waals surface area contributed by atoms with E-state index in [0.717, 1.165) is 11.1 Å². The normalized spacial score (nSPS) is 17.3. The number of amides is 2. The third-order valence-electron chi connectivity index (χ3n) is 4.84. The van der Waals surface area contributed by atoms with Crippen molar-refractivity contribution in [2.24, 2.45) is 5.92 Å². The van der Waals surface area contributed by atoms with Gasteiger partial charge in [-0.25, -0.2) is 12.7 Å². The highest BCUT2D eigenvalue weighted by molar-refractivity contribution is 7.89. The Hall–Kier alpha value is -2.62. The first-order valence-electron chi connectivity index (χ1n) is 9.52. The maximum atomic E-state index is 13.3. The molecule has 2 aromatic rings. The first kappa shape index (κ1) is 23.1. The largest absolute Gasteiger partial charge is 0.467 e. The van der Waals surface area contributed by atoms with E-state index in [4.69, 9.17) is 21.1 Å². The lowest BCUT2D eigenvalue weighted by molar-refractivity contribution is -0.131. The molecule has 1 atom stereocenters. The fraction of sp³-hybridized carbons (Fsp3) is 0.333. The Morgan fingerprint density at radius 1 is 1.16 bits per heavy atom. The Morgan fingerprint density at radius 3 is 2.55 bits per heavy atom. The summed E-state index contributed by atoms with van der Waals surface area (Å²) < 4.78 is 37.4. The van der Waals surface area contributed by atoms with Crippen LogP contribution >= 0.6 is 11.6 Å². The van der Waals surface area contributed by atoms with Crippen molar-refractivity contribution >= 4 is 33.4 Å². The van der Waals surface area contributed by atoms with Gasteiger partial charge in [-0.15, -0.1) is 0 Å². The lowest BCUT2D eigenvalue weighted by Gasteiger charge is -2.23. The molecule has 10 heteroatoms. The van der Waals surface area contributed by atoms with Crippen molar-refractivity contribution in [3.05, 3.63) is 58.6 Å². The van der Waals surface area contributed by atoms with Gasteiger partial charge in [-0.1, -0.05) is 29.3 Å². The smallest absolute Gasteiger partial charge is 0.266 e. The maximum absolute atomic E-state index is 13.3. The molecular formula is C21H23ClN2O6S. The first-order valence-corrected chi connectivity index (χ1v) is 11.3. The molecule has 31 heavy (non-hydrogen) atoms. The summed E-state index contributed by atoms with van der Waals surface area (Å²) in [5, 5.41) is 2.99. The number of carbonyl (C=O) groups excluding carboxylic acids is 2. The summed E-state index contributed by atoms with van der Waals surface area (Å²) in [6, 6.07) is 10.9. The van der Waals surface area contributed by atoms with Crippen molar-refractivity contribution in [1.29, 1.82) is 0 Å². The van der Waals surface area contributed by atoms with Crippen molar-refractivity contribution in [2.75, 3.05) is 27.0 Å². The van der Waals surface area contributed by atoms with Crippen molar-refractivity contribution in [1.82, 2.24) is 9.62 Å². The molecule has 2 amide bonds. The fourth-order valence-electron chi connectivity index (χ4n) is 3.29. The quantitative estimate of drug-likeness (QED) is 0.627. The van der Waals surface area contributed by atoms with E-state index in [2.05, 4.69) is 5.32 Å². The Kier molecular flexibility index (Phi) is 7.19. The number of halogens is 1. The predicted octanol–water partition coefficient (Wildman–Crippen LogP) is 2.14. The number of nitrogens with one attached hydrogen (secondary N) is 1. The number of aryl methyl sites for hydroxylation is 1. The summed E-state index contributed by atoms with van der Waals surface area (Å²) in [5.41, 5.74) is 1.67. The van der Waals surface area contributed by atoms with Gasteiger partial charge >= 0.3 is 0 Å². The van der Waals surface area contributed by atoms with Crippen LogP contribution in [0.15, 0.2) is 47.4 Å². The molecular weight excluding hydrogens is 444 g/mol. The van der Waals surface area contributed by atoms with E-state index in [9.17, 15) is 18.0 Å². The summed E-state index contributed by atoms with van der Waals surface area (Å²) in [7, 11) is -2.73. The Bertz CT molecular complexity index is 1070. The van der Waals surface area contributed by atoms with Crippen LogP contribution in [0, 0.1) is 12.8 Å². The topological polar surface area (TPSA) is 102 Å². The predicted molar refractivity (Wildman–Crippen MR) is 114 cm³/mol. The summed E-state index contributed by atoms with van der Waals surface area (Å²) in [4.78, 5) is 25.3. The van der Waals surface area contributed by atoms with Crippen LogP contribution in [0.4, 0.5) is 0 Å². The molecule has 0 aliphatic carbocycles. The van der Waals surface area contributed by atoms with Gasteiger partial charge in [-0.05, 0) is 49.2 Å². The van der Waals surface area contributed by atoms with Crippen LogP contribution in [0.25, 0.3) is 0 Å². The first-order chi connectivity index (χ1) is 14.7. The summed E-state index contributed by atoms with van der Waals surface area (Å²) in [6.07, 6.45) is 0.187. The standard InChI is InChI=1S/C21H23ClN2O6S/c1-14-3-8-19(30-13-29-2)15(9-14)10-16-11-23-20(25)12-24(21(16)26)31(27,28)18-6-4-17(22)5-7-18/h3-9,16H,10-13H2,1-2H3,(H,23,25). The molecule has 1 saturated heterocycles. The molecule has 166 valence electrons. The van der Waals surface area contributed by atoms with Gasteiger partial charge in [0, 0.05) is 18.7 Å². The van der Waals surface area contributed by atoms with Crippen molar-refractivity contribution in [3.8, 4) is 5.75 Å². The number of ether oxygens (including phenoxy) is 2. The van der Waals surface area contributed by atoms with E-state index in [0.29, 0.717) is 15.1 Å². The summed E-state index contributed by atoms with van der Waals surface area (Å²) >= 11 is 5.84. The van der Waals surface area contributed by atoms with Crippen LogP contribution in [0.3, 0.4) is 0 Å². The fourth-order valence-corrected chi connectivity index (χ4v) is 4.82. The minimum Gasteiger partial charge on any atom is -0.467 e. The highest BCUT2D eigenvalue weighted by Crippen LogP contribution is 2.27. The molecule has 1 aliphatic rings. The van der Waals surface area contributed by atoms with Crippen LogP contribution in [0.5, 0.6) is 5.75 Å². The minimum atomic E-state index is -4.23. The number of rotatable bonds is 7. The Morgan fingerprint density at radius 2 is 1.87 bits per heavy atom. The van der Waals surface area contributed by atoms with Gasteiger partial charge < -0.3 is 14.8 Å². The van der Waals surface area contributed by atoms with Gasteiger partial charge in [0.25, 0.3) is 10.0 Å². The van der Waals surface area contributed by atoms with Gasteiger partial charge in [-0.2, -0.15) is 0 Å². The number of methoxy groups -OCH3 is 1. The second kappa shape index (κ2) is 9.67. The minimum absolute atomic E-state index is 0.0158. The SMILES string of the molecule is COCOc1ccc(C)cc1CC1CNC(=O)CN(S(=O)(=O)c2ccc(Cl)cc2)C1=O. The van der Waals surface area contributed by atoms with Crippen LogP contribution in [-0.2, 0) is 30.8 Å². The molecule has 1 aliphatic heterocycles. The van der Waals surface area contributed by atoms with Gasteiger partial charge in [0.15, 0.2) is 6.79 Å². The highest BCUT2D eigenvalue weighted by atomic mass is 35.5. The number of hydrogen-bond donors (Lipinski definition) is 1. The second-order valence-corrected chi connectivity index (χ2v) is 9.47. The molecule has 0 saturated carbocycles. The third kappa shape index (κ3) is 5.36. The van der Waals surface area contributed by atoms with Crippen LogP contribution < -0.4 is 10.1 Å². The molecule has 0 radical (unpaired) electrons. The number of sulfonamides is 1. The van der Waals surface area contributed by atoms with Crippen molar-refractivity contribution < 1.29 is 27.5 Å². The van der Waals surface area contributed by atoms with Crippen LogP contribution in [0.2, 0.25) is 5.02 Å². The van der Waals surface area contributed by atoms with E-state index in [-0.39, 0.29) is 24.7 Å². The van der Waals surface area contributed by atoms with E-state index in [1.165, 1.54) is 31.4 Å². The van der Waals surface area contributed by atoms with Gasteiger partial charge in [0.1, 0.15) is 12.3 Å². The van der Waals surface area contributed by atoms with E-state index in [1.54, 1.807) is 6.07 Å². The summed E-state index contributed by atoms with van der Waals surface area (Å²) in [5.74, 6) is -1.47. The Labute approximate surface area is 186 Å².